The average Bonchev–Trinajstić information content (AvgIpc) is 3.30. The van der Waals surface area contributed by atoms with E-state index in [0.29, 0.717) is 43.6 Å². The van der Waals surface area contributed by atoms with Crippen molar-refractivity contribution in [3.63, 3.8) is 0 Å². The molecule has 6 nitrogen and oxygen atoms in total. The standard InChI is InChI=1S/C30H31F7N2O4/c1-16(18-10-20(29(32,33)34)14-21(11-18)30(35,36)37)43-25-15-39-24(27(25)17-2-4-22(31)5-3-17)12-19(13-26(39)41)28(42)38-8-6-23(40)7-9-38/h2-5,10-11,14,16,19,23-25,27,40H,6-9,12-13,15H2,1H3/t16-,19?,24+,25+,27?/m1/s1. The molecule has 3 aliphatic rings. The number of carbonyl (C=O) groups is 2. The number of nitrogens with zero attached hydrogens (tertiary/aromatic N) is 2. The Morgan fingerprint density at radius 1 is 0.977 bits per heavy atom. The normalized spacial score (nSPS) is 26.0. The van der Waals surface area contributed by atoms with Gasteiger partial charge in [0, 0.05) is 43.9 Å². The maximum absolute atomic E-state index is 13.8. The number of rotatable bonds is 5. The molecule has 0 saturated carbocycles. The molecule has 0 bridgehead atoms. The van der Waals surface area contributed by atoms with Gasteiger partial charge in [0.05, 0.1) is 29.4 Å². The first kappa shape index (κ1) is 31.2. The SMILES string of the molecule is C[C@@H](O[C@H]1CN2C(=O)CC(C(=O)N3CCC(O)CC3)C[C@H]2C1c1ccc(F)cc1)c1cc(C(F)(F)F)cc(C(F)(F)F)c1. The minimum Gasteiger partial charge on any atom is -0.393 e. The number of amides is 2. The predicted molar refractivity (Wildman–Crippen MR) is 139 cm³/mol. The Labute approximate surface area is 243 Å². The quantitative estimate of drug-likeness (QED) is 0.438. The molecule has 2 amide bonds. The van der Waals surface area contributed by atoms with Crippen LogP contribution >= 0.6 is 0 Å². The zero-order valence-corrected chi connectivity index (χ0v) is 23.2. The van der Waals surface area contributed by atoms with Crippen molar-refractivity contribution in [2.24, 2.45) is 5.92 Å². The number of benzene rings is 2. The number of piperidine rings is 2. The number of fused-ring (bicyclic) bond motifs is 1. The van der Waals surface area contributed by atoms with Gasteiger partial charge in [-0.3, -0.25) is 9.59 Å². The maximum Gasteiger partial charge on any atom is 0.416 e. The monoisotopic (exact) mass is 616 g/mol. The van der Waals surface area contributed by atoms with Gasteiger partial charge >= 0.3 is 12.4 Å². The molecule has 2 unspecified atom stereocenters. The number of hydrogen-bond donors (Lipinski definition) is 1. The van der Waals surface area contributed by atoms with E-state index in [0.717, 1.165) is 0 Å². The van der Waals surface area contributed by atoms with E-state index >= 15 is 0 Å². The summed E-state index contributed by atoms with van der Waals surface area (Å²) < 4.78 is 101. The second kappa shape index (κ2) is 11.7. The second-order valence-corrected chi connectivity index (χ2v) is 11.5. The summed E-state index contributed by atoms with van der Waals surface area (Å²) in [6.45, 7) is 2.06. The van der Waals surface area contributed by atoms with Crippen molar-refractivity contribution < 1.29 is 50.2 Å². The first-order valence-corrected chi connectivity index (χ1v) is 14.1. The number of carbonyl (C=O) groups excluding carboxylic acids is 2. The highest BCUT2D eigenvalue weighted by atomic mass is 19.4. The highest BCUT2D eigenvalue weighted by Gasteiger charge is 2.51. The molecule has 3 heterocycles. The smallest absolute Gasteiger partial charge is 0.393 e. The first-order valence-electron chi connectivity index (χ1n) is 14.1. The van der Waals surface area contributed by atoms with Crippen LogP contribution in [0.25, 0.3) is 0 Å². The summed E-state index contributed by atoms with van der Waals surface area (Å²) in [6, 6.07) is 6.14. The van der Waals surface area contributed by atoms with Crippen molar-refractivity contribution in [2.45, 2.75) is 75.2 Å². The van der Waals surface area contributed by atoms with Crippen molar-refractivity contribution >= 4 is 11.8 Å². The molecule has 0 radical (unpaired) electrons. The molecule has 5 atom stereocenters. The fourth-order valence-electron chi connectivity index (χ4n) is 6.48. The van der Waals surface area contributed by atoms with Gasteiger partial charge in [-0.05, 0) is 67.6 Å². The van der Waals surface area contributed by atoms with E-state index in [2.05, 4.69) is 0 Å². The number of alkyl halides is 6. The van der Waals surface area contributed by atoms with Crippen LogP contribution in [0, 0.1) is 11.7 Å². The van der Waals surface area contributed by atoms with Gasteiger partial charge in [-0.15, -0.1) is 0 Å². The van der Waals surface area contributed by atoms with E-state index in [4.69, 9.17) is 4.74 Å². The lowest BCUT2D eigenvalue weighted by Gasteiger charge is -2.39. The van der Waals surface area contributed by atoms with Gasteiger partial charge in [0.25, 0.3) is 0 Å². The van der Waals surface area contributed by atoms with Crippen LogP contribution in [0.3, 0.4) is 0 Å². The molecule has 0 aromatic heterocycles. The number of aliphatic hydroxyl groups is 1. The van der Waals surface area contributed by atoms with Crippen molar-refractivity contribution in [3.8, 4) is 0 Å². The molecule has 0 aliphatic carbocycles. The molecule has 0 spiro atoms. The molecule has 1 N–H and O–H groups in total. The maximum atomic E-state index is 13.8. The Balaban J connectivity index is 1.44. The molecule has 3 saturated heterocycles. The summed E-state index contributed by atoms with van der Waals surface area (Å²) in [6.07, 6.45) is -11.6. The summed E-state index contributed by atoms with van der Waals surface area (Å²) >= 11 is 0. The Morgan fingerprint density at radius 2 is 1.56 bits per heavy atom. The van der Waals surface area contributed by atoms with Crippen molar-refractivity contribution in [1.29, 1.82) is 0 Å². The lowest BCUT2D eigenvalue weighted by molar-refractivity contribution is -0.148. The number of hydrogen-bond acceptors (Lipinski definition) is 4. The van der Waals surface area contributed by atoms with E-state index in [9.17, 15) is 45.4 Å². The summed E-state index contributed by atoms with van der Waals surface area (Å²) in [7, 11) is 0. The van der Waals surface area contributed by atoms with Crippen LogP contribution < -0.4 is 0 Å². The molecule has 3 aliphatic heterocycles. The van der Waals surface area contributed by atoms with Crippen LogP contribution in [0.15, 0.2) is 42.5 Å². The zero-order valence-electron chi connectivity index (χ0n) is 23.2. The fourth-order valence-corrected chi connectivity index (χ4v) is 6.48. The van der Waals surface area contributed by atoms with Gasteiger partial charge in [-0.1, -0.05) is 12.1 Å². The lowest BCUT2D eigenvalue weighted by Crippen LogP contribution is -2.50. The van der Waals surface area contributed by atoms with Crippen LogP contribution in [0.5, 0.6) is 0 Å². The minimum absolute atomic E-state index is 0.00219. The molecule has 234 valence electrons. The van der Waals surface area contributed by atoms with E-state index in [1.54, 1.807) is 9.80 Å². The van der Waals surface area contributed by atoms with Gasteiger partial charge in [-0.2, -0.15) is 26.3 Å². The van der Waals surface area contributed by atoms with Crippen molar-refractivity contribution in [3.05, 3.63) is 70.5 Å². The number of halogens is 7. The molecule has 5 rings (SSSR count). The van der Waals surface area contributed by atoms with Crippen LogP contribution in [0.1, 0.15) is 66.9 Å². The average molecular weight is 617 g/mol. The van der Waals surface area contributed by atoms with Gasteiger partial charge in [0.1, 0.15) is 5.82 Å². The third kappa shape index (κ3) is 6.67. The Bertz CT molecular complexity index is 1310. The van der Waals surface area contributed by atoms with E-state index in [1.807, 2.05) is 0 Å². The summed E-state index contributed by atoms with van der Waals surface area (Å²) in [4.78, 5) is 29.9. The van der Waals surface area contributed by atoms with E-state index < -0.39 is 65.5 Å². The van der Waals surface area contributed by atoms with Gasteiger partial charge in [-0.25, -0.2) is 4.39 Å². The molecular formula is C30H31F7N2O4. The van der Waals surface area contributed by atoms with Crippen LogP contribution in [0.4, 0.5) is 30.7 Å². The minimum atomic E-state index is -5.03. The topological polar surface area (TPSA) is 70.1 Å². The van der Waals surface area contributed by atoms with E-state index in [1.165, 1.54) is 31.2 Å². The molecule has 13 heteroatoms. The van der Waals surface area contributed by atoms with Gasteiger partial charge in [0.2, 0.25) is 11.8 Å². The van der Waals surface area contributed by atoms with Crippen LogP contribution in [0.2, 0.25) is 0 Å². The van der Waals surface area contributed by atoms with E-state index in [-0.39, 0.29) is 42.8 Å². The third-order valence-corrected chi connectivity index (χ3v) is 8.70. The fraction of sp³-hybridized carbons (Fsp3) is 0.533. The molecule has 3 fully saturated rings. The number of likely N-dealkylation sites (tertiary alicyclic amines) is 1. The molecule has 2 aromatic carbocycles. The summed E-state index contributed by atoms with van der Waals surface area (Å²) in [5, 5.41) is 9.81. The lowest BCUT2D eigenvalue weighted by atomic mass is 9.81. The first-order chi connectivity index (χ1) is 20.1. The largest absolute Gasteiger partial charge is 0.416 e. The third-order valence-electron chi connectivity index (χ3n) is 8.70. The second-order valence-electron chi connectivity index (χ2n) is 11.5. The molecule has 2 aromatic rings. The van der Waals surface area contributed by atoms with Crippen molar-refractivity contribution in [1.82, 2.24) is 9.80 Å². The number of aliphatic hydroxyl groups excluding tert-OH is 1. The number of ether oxygens (including phenoxy) is 1. The van der Waals surface area contributed by atoms with Gasteiger partial charge in [0.15, 0.2) is 0 Å². The van der Waals surface area contributed by atoms with Gasteiger partial charge < -0.3 is 19.6 Å². The highest BCUT2D eigenvalue weighted by molar-refractivity contribution is 5.87. The molecule has 43 heavy (non-hydrogen) atoms. The predicted octanol–water partition coefficient (Wildman–Crippen LogP) is 5.70. The highest BCUT2D eigenvalue weighted by Crippen LogP contribution is 2.45. The van der Waals surface area contributed by atoms with Crippen LogP contribution in [-0.2, 0) is 26.7 Å². The van der Waals surface area contributed by atoms with Crippen LogP contribution in [-0.4, -0.2) is 64.6 Å². The summed E-state index contributed by atoms with van der Waals surface area (Å²) in [5.74, 6) is -2.33. The Morgan fingerprint density at radius 3 is 2.12 bits per heavy atom. The molecular weight excluding hydrogens is 585 g/mol. The van der Waals surface area contributed by atoms with Crippen molar-refractivity contribution in [2.75, 3.05) is 19.6 Å². The Kier molecular flexibility index (Phi) is 8.51. The zero-order chi connectivity index (χ0) is 31.3. The summed E-state index contributed by atoms with van der Waals surface area (Å²) in [5.41, 5.74) is -2.70. The Hall–Kier alpha value is -3.19.